The first-order valence-electron chi connectivity index (χ1n) is 3.68. The van der Waals surface area contributed by atoms with Crippen molar-refractivity contribution >= 4 is 46.4 Å². The van der Waals surface area contributed by atoms with Crippen molar-refractivity contribution in [3.8, 4) is 0 Å². The molecule has 0 fully saturated rings. The highest BCUT2D eigenvalue weighted by Gasteiger charge is 2.28. The lowest BCUT2D eigenvalue weighted by Gasteiger charge is -2.20. The molecule has 0 rings (SSSR count). The minimum Gasteiger partial charge on any atom is -0.359 e. The highest BCUT2D eigenvalue weighted by atomic mass is 35.5. The molecule has 12 heavy (non-hydrogen) atoms. The smallest absolute Gasteiger partial charge is 0.163 e. The lowest BCUT2D eigenvalue weighted by atomic mass is 10.3. The van der Waals surface area contributed by atoms with E-state index in [1.807, 2.05) is 0 Å². The summed E-state index contributed by atoms with van der Waals surface area (Å²) in [7, 11) is 0. The van der Waals surface area contributed by atoms with Crippen molar-refractivity contribution in [1.29, 1.82) is 0 Å². The number of alkyl halides is 4. The fraction of sp³-hybridized carbons (Fsp3) is 1.00. The second-order valence-corrected chi connectivity index (χ2v) is 5.08. The summed E-state index contributed by atoms with van der Waals surface area (Å²) in [5.41, 5.74) is -0.670. The van der Waals surface area contributed by atoms with Crippen LogP contribution in [0.1, 0.15) is 19.8 Å². The summed E-state index contributed by atoms with van der Waals surface area (Å²) in [6.07, 6.45) is 1.78. The van der Waals surface area contributed by atoms with Crippen molar-refractivity contribution in [3.63, 3.8) is 0 Å². The van der Waals surface area contributed by atoms with Gasteiger partial charge in [-0.25, -0.2) is 0 Å². The van der Waals surface area contributed by atoms with Gasteiger partial charge in [-0.1, -0.05) is 34.8 Å². The van der Waals surface area contributed by atoms with Crippen LogP contribution in [0.4, 0.5) is 0 Å². The normalized spacial score (nSPS) is 14.8. The van der Waals surface area contributed by atoms with Crippen LogP contribution in [-0.2, 0) is 4.74 Å². The van der Waals surface area contributed by atoms with Gasteiger partial charge in [0.05, 0.1) is 0 Å². The summed E-state index contributed by atoms with van der Waals surface area (Å²) < 4.78 is 4.11. The van der Waals surface area contributed by atoms with E-state index in [-0.39, 0.29) is 0 Å². The van der Waals surface area contributed by atoms with E-state index >= 15 is 0 Å². The van der Waals surface area contributed by atoms with Crippen LogP contribution in [0.2, 0.25) is 0 Å². The molecule has 74 valence electrons. The van der Waals surface area contributed by atoms with Crippen molar-refractivity contribution in [3.05, 3.63) is 0 Å². The summed E-state index contributed by atoms with van der Waals surface area (Å²) >= 11 is 22.5. The topological polar surface area (TPSA) is 9.23 Å². The largest absolute Gasteiger partial charge is 0.359 e. The van der Waals surface area contributed by atoms with Crippen LogP contribution in [0.25, 0.3) is 0 Å². The quantitative estimate of drug-likeness (QED) is 0.517. The molecular formula is C7H12Cl4O. The van der Waals surface area contributed by atoms with Gasteiger partial charge >= 0.3 is 0 Å². The number of unbranched alkanes of at least 4 members (excludes halogenated alkanes) is 1. The summed E-state index contributed by atoms with van der Waals surface area (Å²) in [5.74, 6) is 0.634. The summed E-state index contributed by atoms with van der Waals surface area (Å²) in [5, 5.41) is 0. The van der Waals surface area contributed by atoms with Gasteiger partial charge in [0.1, 0.15) is 0 Å². The Kier molecular flexibility index (Phi) is 7.17. The number of hydrogen-bond acceptors (Lipinski definition) is 1. The van der Waals surface area contributed by atoms with Crippen LogP contribution >= 0.6 is 46.4 Å². The molecule has 0 saturated carbocycles. The van der Waals surface area contributed by atoms with Gasteiger partial charge in [0.2, 0.25) is 0 Å². The Balaban J connectivity index is 3.38. The SMILES string of the molecule is CC(Cl)(Cl)C(Cl)OCCCCCl. The molecule has 0 aromatic carbocycles. The van der Waals surface area contributed by atoms with E-state index in [2.05, 4.69) is 0 Å². The first kappa shape index (κ1) is 13.1. The highest BCUT2D eigenvalue weighted by Crippen LogP contribution is 2.29. The molecule has 0 radical (unpaired) electrons. The van der Waals surface area contributed by atoms with Gasteiger partial charge in [0.15, 0.2) is 9.90 Å². The molecule has 0 aromatic rings. The third-order valence-electron chi connectivity index (χ3n) is 1.19. The van der Waals surface area contributed by atoms with Crippen molar-refractivity contribution in [2.45, 2.75) is 29.7 Å². The van der Waals surface area contributed by atoms with Crippen molar-refractivity contribution in [2.24, 2.45) is 0 Å². The Morgan fingerprint density at radius 1 is 1.33 bits per heavy atom. The number of hydrogen-bond donors (Lipinski definition) is 0. The minimum atomic E-state index is -1.04. The Bertz CT molecular complexity index is 112. The predicted octanol–water partition coefficient (Wildman–Crippen LogP) is 3.78. The lowest BCUT2D eigenvalue weighted by molar-refractivity contribution is 0.0975. The molecule has 0 bridgehead atoms. The van der Waals surface area contributed by atoms with Crippen LogP contribution in [0.5, 0.6) is 0 Å². The van der Waals surface area contributed by atoms with E-state index < -0.39 is 9.90 Å². The number of rotatable bonds is 6. The Labute approximate surface area is 93.3 Å². The van der Waals surface area contributed by atoms with E-state index in [0.717, 1.165) is 12.8 Å². The lowest BCUT2D eigenvalue weighted by Crippen LogP contribution is -2.25. The van der Waals surface area contributed by atoms with E-state index in [0.29, 0.717) is 12.5 Å². The van der Waals surface area contributed by atoms with E-state index in [4.69, 9.17) is 51.1 Å². The van der Waals surface area contributed by atoms with Crippen molar-refractivity contribution in [2.75, 3.05) is 12.5 Å². The van der Waals surface area contributed by atoms with Gasteiger partial charge in [-0.3, -0.25) is 0 Å². The number of ether oxygens (including phenoxy) is 1. The Hall–Kier alpha value is 1.12. The molecule has 0 N–H and O–H groups in total. The van der Waals surface area contributed by atoms with Crippen LogP contribution in [0, 0.1) is 0 Å². The molecule has 0 aliphatic heterocycles. The monoisotopic (exact) mass is 252 g/mol. The summed E-state index contributed by atoms with van der Waals surface area (Å²) in [6.45, 7) is 2.13. The fourth-order valence-electron chi connectivity index (χ4n) is 0.530. The van der Waals surface area contributed by atoms with Crippen LogP contribution < -0.4 is 0 Å². The third-order valence-corrected chi connectivity index (χ3v) is 2.64. The average Bonchev–Trinajstić information content (AvgIpc) is 1.96. The standard InChI is InChI=1S/C7H12Cl4O/c1-7(10,11)6(9)12-5-3-2-4-8/h6H,2-5H2,1H3. The predicted molar refractivity (Wildman–Crippen MR) is 55.7 cm³/mol. The zero-order valence-corrected chi connectivity index (χ0v) is 9.85. The van der Waals surface area contributed by atoms with E-state index in [1.54, 1.807) is 6.92 Å². The van der Waals surface area contributed by atoms with E-state index in [9.17, 15) is 0 Å². The molecule has 1 atom stereocenters. The molecule has 0 heterocycles. The molecule has 0 aliphatic carbocycles. The van der Waals surface area contributed by atoms with Gasteiger partial charge in [0.25, 0.3) is 0 Å². The van der Waals surface area contributed by atoms with Gasteiger partial charge < -0.3 is 4.74 Å². The molecule has 1 unspecified atom stereocenters. The molecule has 0 amide bonds. The third kappa shape index (κ3) is 6.62. The van der Waals surface area contributed by atoms with Gasteiger partial charge in [-0.2, -0.15) is 0 Å². The zero-order chi connectivity index (χ0) is 9.61. The second kappa shape index (κ2) is 6.56. The Morgan fingerprint density at radius 3 is 2.33 bits per heavy atom. The van der Waals surface area contributed by atoms with Crippen molar-refractivity contribution in [1.82, 2.24) is 0 Å². The minimum absolute atomic E-state index is 0.538. The van der Waals surface area contributed by atoms with Crippen LogP contribution in [0.3, 0.4) is 0 Å². The van der Waals surface area contributed by atoms with Crippen LogP contribution in [0.15, 0.2) is 0 Å². The van der Waals surface area contributed by atoms with E-state index in [1.165, 1.54) is 0 Å². The average molecular weight is 254 g/mol. The first-order valence-corrected chi connectivity index (χ1v) is 5.40. The molecular weight excluding hydrogens is 242 g/mol. The van der Waals surface area contributed by atoms with Crippen LogP contribution in [-0.4, -0.2) is 22.4 Å². The molecule has 0 spiro atoms. The first-order chi connectivity index (χ1) is 5.48. The molecule has 0 aliphatic rings. The van der Waals surface area contributed by atoms with Gasteiger partial charge in [0, 0.05) is 12.5 Å². The van der Waals surface area contributed by atoms with Gasteiger partial charge in [-0.05, 0) is 19.8 Å². The van der Waals surface area contributed by atoms with Crippen molar-refractivity contribution < 1.29 is 4.74 Å². The maximum absolute atomic E-state index is 5.72. The molecule has 0 saturated heterocycles. The number of halogens is 4. The molecule has 5 heteroatoms. The fourth-order valence-corrected chi connectivity index (χ4v) is 0.934. The highest BCUT2D eigenvalue weighted by molar-refractivity contribution is 6.51. The van der Waals surface area contributed by atoms with Gasteiger partial charge in [-0.15, -0.1) is 11.6 Å². The molecule has 0 aromatic heterocycles. The summed E-state index contributed by atoms with van der Waals surface area (Å²) in [6, 6.07) is 0. The maximum atomic E-state index is 5.72. The molecule has 1 nitrogen and oxygen atoms in total. The zero-order valence-electron chi connectivity index (χ0n) is 6.83. The maximum Gasteiger partial charge on any atom is 0.163 e. The summed E-state index contributed by atoms with van der Waals surface area (Å²) in [4.78, 5) is 0. The second-order valence-electron chi connectivity index (χ2n) is 2.54. The Morgan fingerprint density at radius 2 is 1.92 bits per heavy atom.